The van der Waals surface area contributed by atoms with Crippen LogP contribution < -0.4 is 5.32 Å². The van der Waals surface area contributed by atoms with Crippen LogP contribution in [0.1, 0.15) is 22.9 Å². The summed E-state index contributed by atoms with van der Waals surface area (Å²) in [6.07, 6.45) is 2.59. The summed E-state index contributed by atoms with van der Waals surface area (Å²) in [7, 11) is 3.86. The van der Waals surface area contributed by atoms with E-state index < -0.39 is 0 Å². The Kier molecular flexibility index (Phi) is 4.04. The number of hydrogen-bond donors (Lipinski definition) is 1. The third-order valence-electron chi connectivity index (χ3n) is 3.18. The van der Waals surface area contributed by atoms with E-state index >= 15 is 0 Å². The largest absolute Gasteiger partial charge is 0.311 e. The van der Waals surface area contributed by atoms with Gasteiger partial charge in [-0.3, -0.25) is 4.68 Å². The molecule has 0 fully saturated rings. The van der Waals surface area contributed by atoms with E-state index in [4.69, 9.17) is 11.6 Å². The SMILES string of the molecule is CNC(Cc1ccc(C)cc1)c1c(Cl)cnn1C. The lowest BCUT2D eigenvalue weighted by atomic mass is 10.0. The highest BCUT2D eigenvalue weighted by molar-refractivity contribution is 6.31. The summed E-state index contributed by atoms with van der Waals surface area (Å²) in [5, 5.41) is 8.20. The van der Waals surface area contributed by atoms with Crippen LogP contribution in [-0.4, -0.2) is 16.8 Å². The molecule has 18 heavy (non-hydrogen) atoms. The molecule has 4 heteroatoms. The van der Waals surface area contributed by atoms with Gasteiger partial charge in [0.25, 0.3) is 0 Å². The maximum atomic E-state index is 6.19. The van der Waals surface area contributed by atoms with Gasteiger partial charge in [0.1, 0.15) is 0 Å². The summed E-state index contributed by atoms with van der Waals surface area (Å²) in [6, 6.07) is 8.75. The van der Waals surface area contributed by atoms with E-state index in [-0.39, 0.29) is 6.04 Å². The van der Waals surface area contributed by atoms with Crippen LogP contribution in [0, 0.1) is 6.92 Å². The van der Waals surface area contributed by atoms with Crippen LogP contribution in [0.4, 0.5) is 0 Å². The zero-order valence-electron chi connectivity index (χ0n) is 10.9. The van der Waals surface area contributed by atoms with Crippen molar-refractivity contribution < 1.29 is 0 Å². The first kappa shape index (κ1) is 13.1. The molecule has 2 aromatic rings. The third kappa shape index (κ3) is 2.74. The van der Waals surface area contributed by atoms with Crippen LogP contribution in [0.25, 0.3) is 0 Å². The van der Waals surface area contributed by atoms with Crippen molar-refractivity contribution in [3.63, 3.8) is 0 Å². The summed E-state index contributed by atoms with van der Waals surface area (Å²) in [4.78, 5) is 0. The number of likely N-dealkylation sites (N-methyl/N-ethyl adjacent to an activating group) is 1. The fraction of sp³-hybridized carbons (Fsp3) is 0.357. The minimum atomic E-state index is 0.174. The second kappa shape index (κ2) is 5.55. The number of aromatic nitrogens is 2. The van der Waals surface area contributed by atoms with Crippen molar-refractivity contribution in [3.8, 4) is 0 Å². The van der Waals surface area contributed by atoms with E-state index in [9.17, 15) is 0 Å². The molecule has 0 aliphatic carbocycles. The zero-order chi connectivity index (χ0) is 13.1. The quantitative estimate of drug-likeness (QED) is 0.919. The number of benzene rings is 1. The van der Waals surface area contributed by atoms with Gasteiger partial charge in [-0.1, -0.05) is 41.4 Å². The molecule has 1 unspecified atom stereocenters. The smallest absolute Gasteiger partial charge is 0.0834 e. The number of rotatable bonds is 4. The zero-order valence-corrected chi connectivity index (χ0v) is 11.7. The predicted molar refractivity (Wildman–Crippen MR) is 74.9 cm³/mol. The van der Waals surface area contributed by atoms with Gasteiger partial charge >= 0.3 is 0 Å². The molecule has 0 saturated heterocycles. The predicted octanol–water partition coefficient (Wildman–Crippen LogP) is 2.89. The van der Waals surface area contributed by atoms with Crippen molar-refractivity contribution in [1.82, 2.24) is 15.1 Å². The molecule has 0 aliphatic heterocycles. The first-order valence-electron chi connectivity index (χ1n) is 6.02. The molecule has 1 aromatic heterocycles. The van der Waals surface area contributed by atoms with Crippen LogP contribution >= 0.6 is 11.6 Å². The van der Waals surface area contributed by atoms with Crippen molar-refractivity contribution in [2.24, 2.45) is 7.05 Å². The highest BCUT2D eigenvalue weighted by atomic mass is 35.5. The fourth-order valence-corrected chi connectivity index (χ4v) is 2.41. The van der Waals surface area contributed by atoms with Crippen molar-refractivity contribution >= 4 is 11.6 Å². The molecule has 0 saturated carbocycles. The van der Waals surface area contributed by atoms with Crippen molar-refractivity contribution in [1.29, 1.82) is 0 Å². The molecule has 96 valence electrons. The van der Waals surface area contributed by atoms with Crippen LogP contribution in [0.5, 0.6) is 0 Å². The van der Waals surface area contributed by atoms with Crippen molar-refractivity contribution in [2.75, 3.05) is 7.05 Å². The summed E-state index contributed by atoms with van der Waals surface area (Å²) < 4.78 is 1.83. The Morgan fingerprint density at radius 3 is 2.50 bits per heavy atom. The number of aryl methyl sites for hydroxylation is 2. The van der Waals surface area contributed by atoms with Gasteiger partial charge in [-0.05, 0) is 26.0 Å². The number of nitrogens with zero attached hydrogens (tertiary/aromatic N) is 2. The molecule has 1 heterocycles. The lowest BCUT2D eigenvalue weighted by Crippen LogP contribution is -2.22. The lowest BCUT2D eigenvalue weighted by Gasteiger charge is -2.17. The molecule has 0 bridgehead atoms. The molecule has 1 atom stereocenters. The van der Waals surface area contributed by atoms with Gasteiger partial charge in [-0.25, -0.2) is 0 Å². The monoisotopic (exact) mass is 263 g/mol. The fourth-order valence-electron chi connectivity index (χ4n) is 2.11. The molecule has 0 radical (unpaired) electrons. The Bertz CT molecular complexity index is 497. The van der Waals surface area contributed by atoms with Crippen molar-refractivity contribution in [3.05, 3.63) is 52.3 Å². The normalized spacial score (nSPS) is 12.7. The second-order valence-corrected chi connectivity index (χ2v) is 4.94. The molecule has 1 aromatic carbocycles. The van der Waals surface area contributed by atoms with Gasteiger partial charge in [-0.2, -0.15) is 5.10 Å². The summed E-state index contributed by atoms with van der Waals surface area (Å²) >= 11 is 6.19. The Labute approximate surface area is 113 Å². The van der Waals surface area contributed by atoms with E-state index in [1.807, 2.05) is 18.8 Å². The van der Waals surface area contributed by atoms with Crippen LogP contribution in [-0.2, 0) is 13.5 Å². The first-order valence-corrected chi connectivity index (χ1v) is 6.40. The standard InChI is InChI=1S/C14H18ClN3/c1-10-4-6-11(7-5-10)8-13(16-2)14-12(15)9-17-18(14)3/h4-7,9,13,16H,8H2,1-3H3. The van der Waals surface area contributed by atoms with E-state index in [1.54, 1.807) is 6.20 Å². The average Bonchev–Trinajstić information content (AvgIpc) is 2.69. The van der Waals surface area contributed by atoms with E-state index in [2.05, 4.69) is 41.6 Å². The Balaban J connectivity index is 2.22. The third-order valence-corrected chi connectivity index (χ3v) is 3.47. The van der Waals surface area contributed by atoms with Crippen LogP contribution in [0.2, 0.25) is 5.02 Å². The van der Waals surface area contributed by atoms with Gasteiger partial charge in [-0.15, -0.1) is 0 Å². The molecule has 0 aliphatic rings. The molecule has 2 rings (SSSR count). The average molecular weight is 264 g/mol. The highest BCUT2D eigenvalue weighted by Crippen LogP contribution is 2.24. The molecular formula is C14H18ClN3. The van der Waals surface area contributed by atoms with Gasteiger partial charge in [0.15, 0.2) is 0 Å². The van der Waals surface area contributed by atoms with E-state index in [1.165, 1.54) is 11.1 Å². The van der Waals surface area contributed by atoms with Gasteiger partial charge in [0, 0.05) is 7.05 Å². The van der Waals surface area contributed by atoms with Gasteiger partial charge < -0.3 is 5.32 Å². The maximum Gasteiger partial charge on any atom is 0.0834 e. The lowest BCUT2D eigenvalue weighted by molar-refractivity contribution is 0.537. The molecule has 1 N–H and O–H groups in total. The Morgan fingerprint density at radius 1 is 1.33 bits per heavy atom. The van der Waals surface area contributed by atoms with Crippen molar-refractivity contribution in [2.45, 2.75) is 19.4 Å². The van der Waals surface area contributed by atoms with E-state index in [0.29, 0.717) is 5.02 Å². The molecular weight excluding hydrogens is 246 g/mol. The summed E-state index contributed by atoms with van der Waals surface area (Å²) in [5.74, 6) is 0. The summed E-state index contributed by atoms with van der Waals surface area (Å²) in [6.45, 7) is 2.09. The number of halogens is 1. The van der Waals surface area contributed by atoms with E-state index in [0.717, 1.165) is 12.1 Å². The molecule has 3 nitrogen and oxygen atoms in total. The Hall–Kier alpha value is -1.32. The molecule has 0 spiro atoms. The van der Waals surface area contributed by atoms with Gasteiger partial charge in [0.2, 0.25) is 0 Å². The number of hydrogen-bond acceptors (Lipinski definition) is 2. The topological polar surface area (TPSA) is 29.9 Å². The minimum absolute atomic E-state index is 0.174. The number of nitrogens with one attached hydrogen (secondary N) is 1. The van der Waals surface area contributed by atoms with Crippen LogP contribution in [0.3, 0.4) is 0 Å². The summed E-state index contributed by atoms with van der Waals surface area (Å²) in [5.41, 5.74) is 3.59. The maximum absolute atomic E-state index is 6.19. The highest BCUT2D eigenvalue weighted by Gasteiger charge is 2.17. The Morgan fingerprint density at radius 2 is 2.00 bits per heavy atom. The van der Waals surface area contributed by atoms with Crippen LogP contribution in [0.15, 0.2) is 30.5 Å². The molecule has 0 amide bonds. The van der Waals surface area contributed by atoms with Gasteiger partial charge in [0.05, 0.1) is 23.0 Å². The second-order valence-electron chi connectivity index (χ2n) is 4.53. The minimum Gasteiger partial charge on any atom is -0.311 e. The first-order chi connectivity index (χ1) is 8.61.